The van der Waals surface area contributed by atoms with Gasteiger partial charge in [-0.05, 0) is 65.9 Å². The van der Waals surface area contributed by atoms with Crippen LogP contribution in [0.3, 0.4) is 0 Å². The lowest BCUT2D eigenvalue weighted by Crippen LogP contribution is -2.44. The van der Waals surface area contributed by atoms with E-state index in [1.165, 1.54) is 11.1 Å². The minimum absolute atomic E-state index is 0.144. The first-order valence-electron chi connectivity index (χ1n) is 13.3. The zero-order valence-electron chi connectivity index (χ0n) is 22.3. The van der Waals surface area contributed by atoms with Crippen molar-refractivity contribution in [2.45, 2.75) is 39.0 Å². The number of rotatable bonds is 9. The Balaban J connectivity index is 1.23. The van der Waals surface area contributed by atoms with Gasteiger partial charge >= 0.3 is 0 Å². The number of aryl methyl sites for hydroxylation is 2. The van der Waals surface area contributed by atoms with Gasteiger partial charge < -0.3 is 25.8 Å². The van der Waals surface area contributed by atoms with E-state index in [1.54, 1.807) is 12.3 Å². The fourth-order valence-electron chi connectivity index (χ4n) is 4.77. The number of carbonyl (C=O) groups excluding carboxylic acids is 1. The van der Waals surface area contributed by atoms with Crippen molar-refractivity contribution in [2.24, 2.45) is 0 Å². The van der Waals surface area contributed by atoms with Crippen LogP contribution in [0.2, 0.25) is 0 Å². The predicted molar refractivity (Wildman–Crippen MR) is 154 cm³/mol. The molecular formula is C32H34N4O3. The summed E-state index contributed by atoms with van der Waals surface area (Å²) in [5.74, 6) is 1.42. The molecular weight excluding hydrogens is 488 g/mol. The second-order valence-electron chi connectivity index (χ2n) is 9.80. The van der Waals surface area contributed by atoms with E-state index in [1.807, 2.05) is 54.6 Å². The average Bonchev–Trinajstić information content (AvgIpc) is 3.40. The Morgan fingerprint density at radius 2 is 1.77 bits per heavy atom. The van der Waals surface area contributed by atoms with Crippen molar-refractivity contribution in [3.8, 4) is 22.6 Å². The van der Waals surface area contributed by atoms with Crippen LogP contribution >= 0.6 is 0 Å². The van der Waals surface area contributed by atoms with E-state index >= 15 is 0 Å². The molecule has 1 amide bonds. The van der Waals surface area contributed by atoms with Crippen LogP contribution in [0.5, 0.6) is 11.5 Å². The monoisotopic (exact) mass is 522 g/mol. The largest absolute Gasteiger partial charge is 0.457 e. The summed E-state index contributed by atoms with van der Waals surface area (Å²) in [7, 11) is 0. The van der Waals surface area contributed by atoms with Gasteiger partial charge in [0.2, 0.25) is 0 Å². The van der Waals surface area contributed by atoms with Crippen molar-refractivity contribution in [3.63, 3.8) is 0 Å². The highest BCUT2D eigenvalue weighted by atomic mass is 16.5. The van der Waals surface area contributed by atoms with Gasteiger partial charge in [0.25, 0.3) is 5.91 Å². The Bertz CT molecular complexity index is 1420. The van der Waals surface area contributed by atoms with E-state index in [-0.39, 0.29) is 23.9 Å². The first-order chi connectivity index (χ1) is 19.0. The van der Waals surface area contributed by atoms with Gasteiger partial charge in [-0.15, -0.1) is 0 Å². The first kappa shape index (κ1) is 26.4. The van der Waals surface area contributed by atoms with Crippen LogP contribution in [0.25, 0.3) is 11.1 Å². The molecule has 200 valence electrons. The number of pyridine rings is 1. The lowest BCUT2D eigenvalue weighted by Gasteiger charge is -2.21. The number of amides is 1. The highest BCUT2D eigenvalue weighted by Gasteiger charge is 2.30. The van der Waals surface area contributed by atoms with Crippen LogP contribution in [-0.4, -0.2) is 36.1 Å². The van der Waals surface area contributed by atoms with Crippen LogP contribution < -0.4 is 21.1 Å². The lowest BCUT2D eigenvalue weighted by molar-refractivity contribution is 0.0357. The topological polar surface area (TPSA) is 98.5 Å². The molecule has 4 N–H and O–H groups in total. The molecule has 7 nitrogen and oxygen atoms in total. The van der Waals surface area contributed by atoms with Gasteiger partial charge in [-0.3, -0.25) is 4.79 Å². The second-order valence-corrected chi connectivity index (χ2v) is 9.80. The molecule has 0 saturated carbocycles. The summed E-state index contributed by atoms with van der Waals surface area (Å²) in [4.78, 5) is 17.6. The first-order valence-corrected chi connectivity index (χ1v) is 13.3. The van der Waals surface area contributed by atoms with E-state index in [0.717, 1.165) is 34.6 Å². The molecule has 0 unspecified atom stereocenters. The minimum Gasteiger partial charge on any atom is -0.457 e. The average molecular weight is 523 g/mol. The normalized spacial score (nSPS) is 16.7. The van der Waals surface area contributed by atoms with E-state index in [9.17, 15) is 4.79 Å². The molecule has 2 atom stereocenters. The molecule has 4 aromatic rings. The second kappa shape index (κ2) is 12.1. The minimum atomic E-state index is -0.267. The number of benzene rings is 3. The number of hydrogen-bond donors (Lipinski definition) is 3. The number of aromatic nitrogens is 1. The Morgan fingerprint density at radius 3 is 2.54 bits per heavy atom. The van der Waals surface area contributed by atoms with Crippen LogP contribution in [0.15, 0.2) is 85.1 Å². The molecule has 1 aromatic heterocycles. The van der Waals surface area contributed by atoms with E-state index in [4.69, 9.17) is 15.2 Å². The molecule has 0 bridgehead atoms. The van der Waals surface area contributed by atoms with Crippen LogP contribution in [0, 0.1) is 6.92 Å². The maximum absolute atomic E-state index is 13.3. The number of para-hydroxylation sites is 1. The molecule has 3 aromatic carbocycles. The third-order valence-electron chi connectivity index (χ3n) is 7.06. The molecule has 1 saturated heterocycles. The van der Waals surface area contributed by atoms with Crippen LogP contribution in [0.4, 0.5) is 5.82 Å². The fraction of sp³-hybridized carbons (Fsp3) is 0.250. The van der Waals surface area contributed by atoms with Gasteiger partial charge in [-0.25, -0.2) is 4.98 Å². The molecule has 1 aliphatic rings. The number of ether oxygens (including phenoxy) is 2. The molecule has 1 aliphatic heterocycles. The highest BCUT2D eigenvalue weighted by Crippen LogP contribution is 2.27. The van der Waals surface area contributed by atoms with Crippen molar-refractivity contribution in [1.29, 1.82) is 0 Å². The maximum atomic E-state index is 13.3. The Labute approximate surface area is 229 Å². The molecule has 5 rings (SSSR count). The Kier molecular flexibility index (Phi) is 8.20. The third kappa shape index (κ3) is 6.45. The van der Waals surface area contributed by atoms with Crippen molar-refractivity contribution in [3.05, 3.63) is 107 Å². The van der Waals surface area contributed by atoms with Gasteiger partial charge in [-0.1, -0.05) is 55.5 Å². The summed E-state index contributed by atoms with van der Waals surface area (Å²) in [6, 6.07) is 25.3. The number of nitrogens with two attached hydrogens (primary N) is 1. The zero-order chi connectivity index (χ0) is 27.2. The van der Waals surface area contributed by atoms with Crippen LogP contribution in [0.1, 0.15) is 34.0 Å². The van der Waals surface area contributed by atoms with Crippen molar-refractivity contribution < 1.29 is 14.3 Å². The SMILES string of the molecule is CCc1cc(CO[C@H]2CNC[C@@H]2NC(=O)c2cc(-c3ccc(Oc4ccccc4)cc3)cnc2N)ccc1C. The van der Waals surface area contributed by atoms with E-state index < -0.39 is 0 Å². The number of nitrogen functional groups attached to an aromatic ring is 1. The predicted octanol–water partition coefficient (Wildman–Crippen LogP) is 5.28. The molecule has 1 fully saturated rings. The summed E-state index contributed by atoms with van der Waals surface area (Å²) in [6.07, 6.45) is 2.52. The van der Waals surface area contributed by atoms with Crippen molar-refractivity contribution >= 4 is 11.7 Å². The van der Waals surface area contributed by atoms with Gasteiger partial charge in [0.15, 0.2) is 0 Å². The van der Waals surface area contributed by atoms with Gasteiger partial charge in [0, 0.05) is 24.8 Å². The van der Waals surface area contributed by atoms with E-state index in [0.29, 0.717) is 25.3 Å². The van der Waals surface area contributed by atoms with E-state index in [2.05, 4.69) is 47.7 Å². The zero-order valence-corrected chi connectivity index (χ0v) is 22.3. The van der Waals surface area contributed by atoms with Crippen molar-refractivity contribution in [2.75, 3.05) is 18.8 Å². The summed E-state index contributed by atoms with van der Waals surface area (Å²) in [5.41, 5.74) is 11.9. The Morgan fingerprint density at radius 1 is 1.00 bits per heavy atom. The molecule has 39 heavy (non-hydrogen) atoms. The quantitative estimate of drug-likeness (QED) is 0.277. The lowest BCUT2D eigenvalue weighted by atomic mass is 10.0. The number of hydrogen-bond acceptors (Lipinski definition) is 6. The van der Waals surface area contributed by atoms with Crippen LogP contribution in [-0.2, 0) is 17.8 Å². The molecule has 7 heteroatoms. The highest BCUT2D eigenvalue weighted by molar-refractivity contribution is 5.99. The summed E-state index contributed by atoms with van der Waals surface area (Å²) in [5, 5.41) is 6.43. The molecule has 0 aliphatic carbocycles. The molecule has 0 spiro atoms. The summed E-state index contributed by atoms with van der Waals surface area (Å²) < 4.78 is 12.1. The summed E-state index contributed by atoms with van der Waals surface area (Å²) >= 11 is 0. The third-order valence-corrected chi connectivity index (χ3v) is 7.06. The smallest absolute Gasteiger partial charge is 0.255 e. The molecule has 2 heterocycles. The molecule has 0 radical (unpaired) electrons. The van der Waals surface area contributed by atoms with Gasteiger partial charge in [0.1, 0.15) is 17.3 Å². The number of nitrogens with one attached hydrogen (secondary N) is 2. The van der Waals surface area contributed by atoms with Gasteiger partial charge in [-0.2, -0.15) is 0 Å². The number of anilines is 1. The number of nitrogens with zero attached hydrogens (tertiary/aromatic N) is 1. The maximum Gasteiger partial charge on any atom is 0.255 e. The number of carbonyl (C=O) groups is 1. The Hall–Kier alpha value is -4.20. The van der Waals surface area contributed by atoms with Crippen molar-refractivity contribution in [1.82, 2.24) is 15.6 Å². The fourth-order valence-corrected chi connectivity index (χ4v) is 4.77. The van der Waals surface area contributed by atoms with Gasteiger partial charge in [0.05, 0.1) is 24.3 Å². The standard InChI is InChI=1S/C32H34N4O3/c1-3-23-15-22(10-9-21(23)2)20-38-30-19-34-18-29(30)36-32(37)28-16-25(17-35-31(28)33)24-11-13-27(14-12-24)39-26-7-5-4-6-8-26/h4-17,29-30,34H,3,18-20H2,1-2H3,(H2,33,35)(H,36,37)/t29-,30-/m0/s1. The summed E-state index contributed by atoms with van der Waals surface area (Å²) in [6.45, 7) is 6.07.